The van der Waals surface area contributed by atoms with Gasteiger partial charge in [0.25, 0.3) is 0 Å². The number of nitrogens with zero attached hydrogens (tertiary/aromatic N) is 2. The van der Waals surface area contributed by atoms with Crippen LogP contribution in [0.4, 0.5) is 0 Å². The first-order valence-electron chi connectivity index (χ1n) is 14.5. The third-order valence-electron chi connectivity index (χ3n) is 9.69. The molecule has 6 heteroatoms. The van der Waals surface area contributed by atoms with E-state index in [1.54, 1.807) is 7.11 Å². The fourth-order valence-corrected chi connectivity index (χ4v) is 7.23. The van der Waals surface area contributed by atoms with Crippen LogP contribution < -0.4 is 10.1 Å². The Morgan fingerprint density at radius 3 is 2.39 bits per heavy atom. The van der Waals surface area contributed by atoms with Gasteiger partial charge < -0.3 is 15.0 Å². The van der Waals surface area contributed by atoms with E-state index in [4.69, 9.17) is 4.74 Å². The third kappa shape index (κ3) is 5.13. The van der Waals surface area contributed by atoms with Gasteiger partial charge in [0, 0.05) is 44.4 Å². The molecule has 1 aliphatic carbocycles. The van der Waals surface area contributed by atoms with Crippen LogP contribution in [-0.2, 0) is 16.1 Å². The van der Waals surface area contributed by atoms with Crippen LogP contribution in [0.15, 0.2) is 54.6 Å². The number of methoxy groups -OCH3 is 1. The van der Waals surface area contributed by atoms with E-state index in [0.717, 1.165) is 69.7 Å². The van der Waals surface area contributed by atoms with Crippen LogP contribution in [0.25, 0.3) is 0 Å². The lowest BCUT2D eigenvalue weighted by Crippen LogP contribution is -2.54. The van der Waals surface area contributed by atoms with Crippen molar-refractivity contribution in [2.24, 2.45) is 17.3 Å². The SMILES string of the molecule is COc1ccc(CN2CCC3(CCN(C(C(=O)CC4CC4)[C@@H]4CNC[C@@H]4c4ccccc4)CC3)C2=O)cc1. The molecule has 0 aromatic heterocycles. The summed E-state index contributed by atoms with van der Waals surface area (Å²) in [5.41, 5.74) is 2.21. The van der Waals surface area contributed by atoms with E-state index in [0.29, 0.717) is 30.1 Å². The van der Waals surface area contributed by atoms with E-state index >= 15 is 0 Å². The number of nitrogens with one attached hydrogen (secondary N) is 1. The minimum absolute atomic E-state index is 0.0555. The lowest BCUT2D eigenvalue weighted by Gasteiger charge is -2.44. The summed E-state index contributed by atoms with van der Waals surface area (Å²) >= 11 is 0. The van der Waals surface area contributed by atoms with Crippen molar-refractivity contribution in [3.63, 3.8) is 0 Å². The van der Waals surface area contributed by atoms with Crippen molar-refractivity contribution in [2.75, 3.05) is 39.8 Å². The molecule has 0 bridgehead atoms. The van der Waals surface area contributed by atoms with Gasteiger partial charge in [0.1, 0.15) is 5.75 Å². The van der Waals surface area contributed by atoms with Crippen LogP contribution in [0.5, 0.6) is 5.75 Å². The third-order valence-corrected chi connectivity index (χ3v) is 9.69. The zero-order valence-corrected chi connectivity index (χ0v) is 22.6. The second kappa shape index (κ2) is 10.8. The number of likely N-dealkylation sites (tertiary alicyclic amines) is 2. The molecule has 6 nitrogen and oxygen atoms in total. The number of rotatable bonds is 9. The molecule has 3 saturated heterocycles. The topological polar surface area (TPSA) is 61.9 Å². The average molecular weight is 516 g/mol. The number of carbonyl (C=O) groups excluding carboxylic acids is 2. The van der Waals surface area contributed by atoms with E-state index in [-0.39, 0.29) is 17.4 Å². The van der Waals surface area contributed by atoms with Crippen LogP contribution in [0.3, 0.4) is 0 Å². The molecule has 0 radical (unpaired) electrons. The predicted molar refractivity (Wildman–Crippen MR) is 148 cm³/mol. The summed E-state index contributed by atoms with van der Waals surface area (Å²) in [6.45, 7) is 4.96. The Bertz CT molecular complexity index is 1120. The predicted octanol–water partition coefficient (Wildman–Crippen LogP) is 4.25. The molecule has 4 aliphatic rings. The fraction of sp³-hybridized carbons (Fsp3) is 0.562. The molecule has 3 heterocycles. The van der Waals surface area contributed by atoms with Gasteiger partial charge in [0.2, 0.25) is 5.91 Å². The molecule has 1 amide bonds. The summed E-state index contributed by atoms with van der Waals surface area (Å²) in [5, 5.41) is 3.61. The minimum atomic E-state index is -0.264. The van der Waals surface area contributed by atoms with Crippen LogP contribution in [-0.4, -0.2) is 67.4 Å². The molecule has 2 aromatic carbocycles. The fourth-order valence-electron chi connectivity index (χ4n) is 7.23. The maximum atomic E-state index is 13.8. The minimum Gasteiger partial charge on any atom is -0.497 e. The first-order chi connectivity index (χ1) is 18.6. The number of piperidine rings is 1. The molecule has 3 atom stereocenters. The Hall–Kier alpha value is -2.70. The molecule has 1 unspecified atom stereocenters. The smallest absolute Gasteiger partial charge is 0.229 e. The van der Waals surface area contributed by atoms with E-state index < -0.39 is 0 Å². The molecule has 1 spiro atoms. The summed E-state index contributed by atoms with van der Waals surface area (Å²) in [7, 11) is 1.67. The zero-order valence-electron chi connectivity index (χ0n) is 22.6. The van der Waals surface area contributed by atoms with Gasteiger partial charge in [-0.05, 0) is 74.4 Å². The summed E-state index contributed by atoms with van der Waals surface area (Å²) < 4.78 is 5.28. The second-order valence-corrected chi connectivity index (χ2v) is 12.0. The summed E-state index contributed by atoms with van der Waals surface area (Å²) in [4.78, 5) is 32.0. The van der Waals surface area contributed by atoms with Gasteiger partial charge in [-0.2, -0.15) is 0 Å². The molecule has 202 valence electrons. The molecule has 6 rings (SSSR count). The first kappa shape index (κ1) is 25.6. The van der Waals surface area contributed by atoms with Crippen molar-refractivity contribution < 1.29 is 14.3 Å². The highest BCUT2D eigenvalue weighted by Crippen LogP contribution is 2.44. The number of hydrogen-bond acceptors (Lipinski definition) is 5. The average Bonchev–Trinajstić information content (AvgIpc) is 3.56. The van der Waals surface area contributed by atoms with Crippen molar-refractivity contribution >= 4 is 11.7 Å². The van der Waals surface area contributed by atoms with E-state index in [1.165, 1.54) is 18.4 Å². The molecule has 4 fully saturated rings. The summed E-state index contributed by atoms with van der Waals surface area (Å²) in [6.07, 6.45) is 5.76. The molecule has 1 saturated carbocycles. The summed E-state index contributed by atoms with van der Waals surface area (Å²) in [6, 6.07) is 18.7. The Morgan fingerprint density at radius 2 is 1.71 bits per heavy atom. The van der Waals surface area contributed by atoms with Crippen LogP contribution in [0.1, 0.15) is 55.6 Å². The maximum absolute atomic E-state index is 13.8. The monoisotopic (exact) mass is 515 g/mol. The first-order valence-corrected chi connectivity index (χ1v) is 14.5. The van der Waals surface area contributed by atoms with Gasteiger partial charge in [-0.1, -0.05) is 42.5 Å². The number of hydrogen-bond donors (Lipinski definition) is 1. The molecular formula is C32H41N3O3. The number of amides is 1. The zero-order chi connectivity index (χ0) is 26.1. The number of Topliss-reactive ketones (excluding diaryl/α,β-unsaturated/α-hetero) is 1. The van der Waals surface area contributed by atoms with Gasteiger partial charge in [0.15, 0.2) is 5.78 Å². The highest BCUT2D eigenvalue weighted by Gasteiger charge is 2.50. The van der Waals surface area contributed by atoms with Crippen molar-refractivity contribution in [3.05, 3.63) is 65.7 Å². The van der Waals surface area contributed by atoms with Crippen LogP contribution in [0.2, 0.25) is 0 Å². The lowest BCUT2D eigenvalue weighted by molar-refractivity contribution is -0.140. The van der Waals surface area contributed by atoms with Crippen molar-refractivity contribution in [1.82, 2.24) is 15.1 Å². The van der Waals surface area contributed by atoms with Gasteiger partial charge in [0.05, 0.1) is 18.6 Å². The Kier molecular flexibility index (Phi) is 7.28. The van der Waals surface area contributed by atoms with Crippen molar-refractivity contribution in [3.8, 4) is 5.75 Å². The molecule has 2 aromatic rings. The van der Waals surface area contributed by atoms with Gasteiger partial charge >= 0.3 is 0 Å². The largest absolute Gasteiger partial charge is 0.497 e. The van der Waals surface area contributed by atoms with Crippen molar-refractivity contribution in [2.45, 2.75) is 57.0 Å². The Morgan fingerprint density at radius 1 is 1.00 bits per heavy atom. The lowest BCUT2D eigenvalue weighted by atomic mass is 9.74. The number of benzene rings is 2. The molecular weight excluding hydrogens is 474 g/mol. The van der Waals surface area contributed by atoms with E-state index in [2.05, 4.69) is 52.7 Å². The van der Waals surface area contributed by atoms with Crippen LogP contribution in [0, 0.1) is 17.3 Å². The van der Waals surface area contributed by atoms with Gasteiger partial charge in [-0.3, -0.25) is 14.5 Å². The van der Waals surface area contributed by atoms with E-state index in [9.17, 15) is 9.59 Å². The Labute approximate surface area is 226 Å². The second-order valence-electron chi connectivity index (χ2n) is 12.0. The molecule has 38 heavy (non-hydrogen) atoms. The normalized spacial score (nSPS) is 26.1. The van der Waals surface area contributed by atoms with Gasteiger partial charge in [-0.15, -0.1) is 0 Å². The maximum Gasteiger partial charge on any atom is 0.229 e. The van der Waals surface area contributed by atoms with E-state index in [1.807, 2.05) is 17.0 Å². The number of ketones is 1. The number of carbonyl (C=O) groups is 2. The summed E-state index contributed by atoms with van der Waals surface area (Å²) in [5.74, 6) is 2.80. The highest BCUT2D eigenvalue weighted by atomic mass is 16.5. The van der Waals surface area contributed by atoms with Gasteiger partial charge in [-0.25, -0.2) is 0 Å². The number of ether oxygens (including phenoxy) is 1. The Balaban J connectivity index is 1.15. The van der Waals surface area contributed by atoms with Crippen LogP contribution >= 0.6 is 0 Å². The quantitative estimate of drug-likeness (QED) is 0.541. The highest BCUT2D eigenvalue weighted by molar-refractivity contribution is 5.86. The standard InChI is InChI=1S/C32H41N3O3/c1-38-26-11-9-24(10-12-26)22-35-18-15-32(31(35)37)13-16-34(17-14-32)30(29(36)19-23-7-8-23)28-21-33-20-27(28)25-5-3-2-4-6-25/h2-6,9-12,23,27-28,30,33H,7-8,13-22H2,1H3/t27-,28-,30?/m1/s1. The van der Waals surface area contributed by atoms with Crippen molar-refractivity contribution in [1.29, 1.82) is 0 Å². The molecule has 1 N–H and O–H groups in total. The molecule has 3 aliphatic heterocycles.